The van der Waals surface area contributed by atoms with Gasteiger partial charge in [-0.15, -0.1) is 0 Å². The van der Waals surface area contributed by atoms with Crippen molar-refractivity contribution in [3.63, 3.8) is 0 Å². The molecule has 0 saturated carbocycles. The summed E-state index contributed by atoms with van der Waals surface area (Å²) in [7, 11) is 0. The van der Waals surface area contributed by atoms with Crippen molar-refractivity contribution in [2.24, 2.45) is 0 Å². The molecule has 0 radical (unpaired) electrons. The van der Waals surface area contributed by atoms with Crippen molar-refractivity contribution < 1.29 is 9.90 Å². The molecule has 1 aromatic rings. The second-order valence-corrected chi connectivity index (χ2v) is 5.82. The Morgan fingerprint density at radius 2 is 1.86 bits per heavy atom. The maximum absolute atomic E-state index is 12.4. The van der Waals surface area contributed by atoms with E-state index in [1.54, 1.807) is 4.57 Å². The Balaban J connectivity index is 2.54. The number of hydrogen-bond acceptors (Lipinski definition) is 3. The van der Waals surface area contributed by atoms with Crippen LogP contribution in [0.25, 0.3) is 0 Å². The molecule has 0 amide bonds. The molecule has 0 fully saturated rings. The van der Waals surface area contributed by atoms with Gasteiger partial charge in [-0.3, -0.25) is 14.2 Å². The lowest BCUT2D eigenvalue weighted by Crippen LogP contribution is -2.26. The minimum atomic E-state index is -0.833. The number of nitrogens with zero attached hydrogens (tertiary/aromatic N) is 2. The molecule has 5 heteroatoms. The van der Waals surface area contributed by atoms with Crippen molar-refractivity contribution in [2.75, 3.05) is 0 Å². The number of aliphatic carboxylic acids is 1. The Morgan fingerprint density at radius 3 is 2.55 bits per heavy atom. The summed E-state index contributed by atoms with van der Waals surface area (Å²) in [6.45, 7) is 4.49. The summed E-state index contributed by atoms with van der Waals surface area (Å²) in [5, 5.41) is 8.66. The van der Waals surface area contributed by atoms with E-state index in [-0.39, 0.29) is 12.0 Å². The van der Waals surface area contributed by atoms with Crippen LogP contribution in [0.3, 0.4) is 0 Å². The van der Waals surface area contributed by atoms with E-state index in [9.17, 15) is 9.59 Å². The molecule has 124 valence electrons. The summed E-state index contributed by atoms with van der Waals surface area (Å²) in [5.41, 5.74) is 1.58. The third kappa shape index (κ3) is 6.41. The number of carboxylic acid groups (broad SMARTS) is 1. The van der Waals surface area contributed by atoms with E-state index in [0.29, 0.717) is 13.0 Å². The molecular weight excluding hydrogens is 280 g/mol. The van der Waals surface area contributed by atoms with E-state index in [1.165, 1.54) is 32.0 Å². The van der Waals surface area contributed by atoms with Crippen LogP contribution in [0.5, 0.6) is 0 Å². The van der Waals surface area contributed by atoms with Gasteiger partial charge in [0, 0.05) is 24.2 Å². The van der Waals surface area contributed by atoms with E-state index < -0.39 is 5.97 Å². The smallest absolute Gasteiger partial charge is 0.303 e. The highest BCUT2D eigenvalue weighted by molar-refractivity contribution is 5.66. The molecule has 0 unspecified atom stereocenters. The third-order valence-electron chi connectivity index (χ3n) is 3.92. The van der Waals surface area contributed by atoms with Crippen LogP contribution in [0.15, 0.2) is 11.1 Å². The topological polar surface area (TPSA) is 72.2 Å². The molecule has 0 spiro atoms. The highest BCUT2D eigenvalue weighted by Gasteiger charge is 2.09. The van der Waals surface area contributed by atoms with Crippen LogP contribution in [-0.4, -0.2) is 20.6 Å². The second-order valence-electron chi connectivity index (χ2n) is 5.82. The Bertz CT molecular complexity index is 523. The zero-order valence-corrected chi connectivity index (χ0v) is 13.8. The van der Waals surface area contributed by atoms with Crippen LogP contribution in [0.4, 0.5) is 0 Å². The summed E-state index contributed by atoms with van der Waals surface area (Å²) in [5.74, 6) is -0.833. The quantitative estimate of drug-likeness (QED) is 0.636. The minimum Gasteiger partial charge on any atom is -0.481 e. The predicted octanol–water partition coefficient (Wildman–Crippen LogP) is 3.32. The van der Waals surface area contributed by atoms with Crippen LogP contribution in [0.1, 0.15) is 69.5 Å². The van der Waals surface area contributed by atoms with E-state index >= 15 is 0 Å². The van der Waals surface area contributed by atoms with Crippen LogP contribution >= 0.6 is 0 Å². The van der Waals surface area contributed by atoms with Crippen molar-refractivity contribution >= 4 is 5.97 Å². The largest absolute Gasteiger partial charge is 0.481 e. The lowest BCUT2D eigenvalue weighted by molar-refractivity contribution is -0.137. The molecule has 1 rings (SSSR count). The number of unbranched alkanes of at least 4 members (excludes halogenated alkanes) is 5. The summed E-state index contributed by atoms with van der Waals surface area (Å²) in [4.78, 5) is 27.2. The first-order valence-electron chi connectivity index (χ1n) is 8.33. The fourth-order valence-electron chi connectivity index (χ4n) is 2.54. The van der Waals surface area contributed by atoms with Gasteiger partial charge in [0.1, 0.15) is 0 Å². The third-order valence-corrected chi connectivity index (χ3v) is 3.92. The van der Waals surface area contributed by atoms with Crippen LogP contribution in [-0.2, 0) is 17.8 Å². The molecule has 1 heterocycles. The summed E-state index contributed by atoms with van der Waals surface area (Å²) in [6.07, 6.45) is 10.00. The number of aromatic nitrogens is 2. The zero-order valence-electron chi connectivity index (χ0n) is 13.8. The minimum absolute atomic E-state index is 0.00792. The average Bonchev–Trinajstić information content (AvgIpc) is 2.47. The van der Waals surface area contributed by atoms with Gasteiger partial charge in [-0.25, -0.2) is 4.98 Å². The fraction of sp³-hybridized carbons (Fsp3) is 0.706. The summed E-state index contributed by atoms with van der Waals surface area (Å²) in [6, 6.07) is 0. The van der Waals surface area contributed by atoms with Gasteiger partial charge < -0.3 is 5.11 Å². The number of carboxylic acids is 1. The Kier molecular flexibility index (Phi) is 8.48. The normalized spacial score (nSPS) is 10.8. The van der Waals surface area contributed by atoms with E-state index in [1.807, 2.05) is 6.92 Å². The standard InChI is InChI=1S/C17H28N2O3/c1-3-4-5-6-7-8-10-15-14(2)18-13-19(17(15)22)12-9-11-16(20)21/h13H,3-12H2,1-2H3,(H,20,21). The van der Waals surface area contributed by atoms with Gasteiger partial charge in [-0.2, -0.15) is 0 Å². The maximum atomic E-state index is 12.4. The van der Waals surface area contributed by atoms with Gasteiger partial charge in [-0.1, -0.05) is 39.0 Å². The van der Waals surface area contributed by atoms with Gasteiger partial charge in [0.15, 0.2) is 0 Å². The molecule has 1 N–H and O–H groups in total. The first-order valence-corrected chi connectivity index (χ1v) is 8.33. The first-order chi connectivity index (χ1) is 10.6. The van der Waals surface area contributed by atoms with Crippen molar-refractivity contribution in [3.8, 4) is 0 Å². The molecule has 0 aliphatic heterocycles. The molecule has 22 heavy (non-hydrogen) atoms. The Hall–Kier alpha value is -1.65. The molecule has 0 bridgehead atoms. The molecule has 0 saturated heterocycles. The Labute approximate surface area is 132 Å². The SMILES string of the molecule is CCCCCCCCc1c(C)ncn(CCCC(=O)O)c1=O. The van der Waals surface area contributed by atoms with Crippen molar-refractivity contribution in [1.29, 1.82) is 0 Å². The highest BCUT2D eigenvalue weighted by Crippen LogP contribution is 2.09. The van der Waals surface area contributed by atoms with Gasteiger partial charge in [0.05, 0.1) is 6.33 Å². The van der Waals surface area contributed by atoms with Crippen molar-refractivity contribution in [2.45, 2.75) is 78.2 Å². The maximum Gasteiger partial charge on any atom is 0.303 e. The van der Waals surface area contributed by atoms with Crippen LogP contribution in [0.2, 0.25) is 0 Å². The van der Waals surface area contributed by atoms with E-state index in [0.717, 1.165) is 30.5 Å². The monoisotopic (exact) mass is 308 g/mol. The van der Waals surface area contributed by atoms with Crippen molar-refractivity contribution in [1.82, 2.24) is 9.55 Å². The van der Waals surface area contributed by atoms with Crippen LogP contribution in [0, 0.1) is 6.92 Å². The molecule has 5 nitrogen and oxygen atoms in total. The molecule has 0 aliphatic rings. The average molecular weight is 308 g/mol. The molecule has 0 aliphatic carbocycles. The molecular formula is C17H28N2O3. The van der Waals surface area contributed by atoms with E-state index in [2.05, 4.69) is 11.9 Å². The lowest BCUT2D eigenvalue weighted by Gasteiger charge is -2.09. The van der Waals surface area contributed by atoms with Gasteiger partial charge in [-0.05, 0) is 26.2 Å². The summed E-state index contributed by atoms with van der Waals surface area (Å²) < 4.78 is 1.54. The number of aryl methyl sites for hydroxylation is 2. The fourth-order valence-corrected chi connectivity index (χ4v) is 2.54. The molecule has 1 aromatic heterocycles. The zero-order chi connectivity index (χ0) is 16.4. The predicted molar refractivity (Wildman–Crippen MR) is 87.2 cm³/mol. The molecule has 0 atom stereocenters. The van der Waals surface area contributed by atoms with Crippen LogP contribution < -0.4 is 5.56 Å². The number of hydrogen-bond donors (Lipinski definition) is 1. The second kappa shape index (κ2) is 10.1. The van der Waals surface area contributed by atoms with E-state index in [4.69, 9.17) is 5.11 Å². The lowest BCUT2D eigenvalue weighted by atomic mass is 10.0. The Morgan fingerprint density at radius 1 is 1.18 bits per heavy atom. The summed E-state index contributed by atoms with van der Waals surface area (Å²) >= 11 is 0. The number of carbonyl (C=O) groups is 1. The number of rotatable bonds is 11. The highest BCUT2D eigenvalue weighted by atomic mass is 16.4. The molecule has 0 aromatic carbocycles. The first kappa shape index (κ1) is 18.4. The van der Waals surface area contributed by atoms with Crippen molar-refractivity contribution in [3.05, 3.63) is 27.9 Å². The van der Waals surface area contributed by atoms with Gasteiger partial charge in [0.25, 0.3) is 5.56 Å². The van der Waals surface area contributed by atoms with Gasteiger partial charge >= 0.3 is 5.97 Å². The van der Waals surface area contributed by atoms with Gasteiger partial charge in [0.2, 0.25) is 0 Å².